The number of aliphatic hydroxyl groups excluding tert-OH is 2. The molecule has 264 valence electrons. The lowest BCUT2D eigenvalue weighted by Crippen LogP contribution is -2.55. The highest BCUT2D eigenvalue weighted by atomic mass is 16.7. The van der Waals surface area contributed by atoms with E-state index < -0.39 is 95.7 Å². The fraction of sp³-hybridized carbons (Fsp3) is 0.500. The van der Waals surface area contributed by atoms with Crippen molar-refractivity contribution >= 4 is 29.2 Å². The molecule has 5 rings (SSSR count). The second-order valence-corrected chi connectivity index (χ2v) is 12.6. The van der Waals surface area contributed by atoms with Crippen LogP contribution >= 0.6 is 0 Å². The second-order valence-electron chi connectivity index (χ2n) is 12.6. The van der Waals surface area contributed by atoms with Crippen LogP contribution in [0.25, 0.3) is 0 Å². The van der Waals surface area contributed by atoms with Crippen LogP contribution in [0.5, 0.6) is 17.2 Å². The smallest absolute Gasteiger partial charge is 0.220 e. The Morgan fingerprint density at radius 3 is 2.35 bits per heavy atom. The molecule has 7 N–H and O–H groups in total. The summed E-state index contributed by atoms with van der Waals surface area (Å²) < 4.78 is 17.4. The van der Waals surface area contributed by atoms with Gasteiger partial charge in [0.15, 0.2) is 17.9 Å². The Morgan fingerprint density at radius 2 is 1.69 bits per heavy atom. The summed E-state index contributed by atoms with van der Waals surface area (Å²) in [7, 11) is 2.83. The molecule has 15 nitrogen and oxygen atoms in total. The number of benzene rings is 2. The van der Waals surface area contributed by atoms with Gasteiger partial charge in [-0.15, -0.1) is 0 Å². The lowest BCUT2D eigenvalue weighted by atomic mass is 9.72. The normalized spacial score (nSPS) is 25.9. The maximum absolute atomic E-state index is 13.8. The van der Waals surface area contributed by atoms with Gasteiger partial charge in [0.1, 0.15) is 35.6 Å². The minimum Gasteiger partial charge on any atom is -0.507 e. The first kappa shape index (κ1) is 35.9. The molecule has 1 fully saturated rings. The minimum atomic E-state index is -2.32. The largest absolute Gasteiger partial charge is 0.507 e. The Bertz CT molecular complexity index is 1690. The molecular formula is C34H40N2O13. The molecule has 2 amide bonds. The Labute approximate surface area is 281 Å². The van der Waals surface area contributed by atoms with Crippen molar-refractivity contribution in [2.75, 3.05) is 20.8 Å². The number of carbonyl (C=O) groups excluding carboxylic acids is 5. The summed E-state index contributed by atoms with van der Waals surface area (Å²) in [6, 6.07) is 3.45. The van der Waals surface area contributed by atoms with Crippen LogP contribution in [-0.2, 0) is 30.3 Å². The van der Waals surface area contributed by atoms with Crippen LogP contribution in [0.3, 0.4) is 0 Å². The zero-order valence-electron chi connectivity index (χ0n) is 27.3. The van der Waals surface area contributed by atoms with E-state index in [1.165, 1.54) is 39.3 Å². The fourth-order valence-electron chi connectivity index (χ4n) is 6.83. The van der Waals surface area contributed by atoms with Crippen LogP contribution < -0.4 is 15.4 Å². The Morgan fingerprint density at radius 1 is 1.02 bits per heavy atom. The number of methoxy groups -OCH3 is 1. The van der Waals surface area contributed by atoms with E-state index in [1.807, 2.05) is 0 Å². The second kappa shape index (κ2) is 14.2. The molecule has 0 radical (unpaired) electrons. The van der Waals surface area contributed by atoms with Gasteiger partial charge in [0.05, 0.1) is 42.0 Å². The van der Waals surface area contributed by atoms with Gasteiger partial charge in [-0.25, -0.2) is 0 Å². The first-order valence-corrected chi connectivity index (χ1v) is 16.0. The summed E-state index contributed by atoms with van der Waals surface area (Å²) >= 11 is 0. The highest BCUT2D eigenvalue weighted by Gasteiger charge is 2.50. The lowest BCUT2D eigenvalue weighted by Gasteiger charge is -2.43. The number of ether oxygens (including phenoxy) is 3. The van der Waals surface area contributed by atoms with E-state index in [2.05, 4.69) is 10.6 Å². The van der Waals surface area contributed by atoms with Crippen molar-refractivity contribution in [1.82, 2.24) is 10.6 Å². The first-order chi connectivity index (χ1) is 23.3. The van der Waals surface area contributed by atoms with Gasteiger partial charge < -0.3 is 50.4 Å². The van der Waals surface area contributed by atoms with Crippen LogP contribution in [0.4, 0.5) is 0 Å². The number of aromatic hydroxyl groups is 2. The number of phenolic OH excluding ortho intramolecular Hbond substituents is 2. The third-order valence-electron chi connectivity index (χ3n) is 9.44. The van der Waals surface area contributed by atoms with Crippen LogP contribution in [-0.4, -0.2) is 106 Å². The summed E-state index contributed by atoms with van der Waals surface area (Å²) in [6.07, 6.45) is -4.73. The molecule has 4 unspecified atom stereocenters. The van der Waals surface area contributed by atoms with Gasteiger partial charge in [0, 0.05) is 55.8 Å². The molecule has 0 aromatic heterocycles. The zero-order valence-corrected chi connectivity index (χ0v) is 27.3. The highest BCUT2D eigenvalue weighted by Crippen LogP contribution is 2.52. The fourth-order valence-corrected chi connectivity index (χ4v) is 6.83. The Hall–Kier alpha value is -4.41. The SMILES string of the molecule is CNC(=O)CCCCC(=O)NC1CC(O[C@H]2C[C@](O)(C(=O)CO)Cc3c(O)c4c(c(O)c32)C(=O)c2c(OC)cccc2C4=O)OC(C)C1O. The number of rotatable bonds is 11. The lowest BCUT2D eigenvalue weighted by molar-refractivity contribution is -0.249. The quantitative estimate of drug-likeness (QED) is 0.108. The summed E-state index contributed by atoms with van der Waals surface area (Å²) in [5.41, 5.74) is -3.98. The maximum Gasteiger partial charge on any atom is 0.220 e. The molecule has 1 heterocycles. The summed E-state index contributed by atoms with van der Waals surface area (Å²) in [6.45, 7) is 0.471. The predicted molar refractivity (Wildman–Crippen MR) is 168 cm³/mol. The number of aliphatic hydroxyl groups is 3. The van der Waals surface area contributed by atoms with E-state index in [-0.39, 0.29) is 59.1 Å². The number of nitrogens with one attached hydrogen (secondary N) is 2. The third kappa shape index (κ3) is 6.64. The molecular weight excluding hydrogens is 644 g/mol. The van der Waals surface area contributed by atoms with Gasteiger partial charge in [-0.1, -0.05) is 12.1 Å². The number of amides is 2. The van der Waals surface area contributed by atoms with Crippen LogP contribution in [0.2, 0.25) is 0 Å². The van der Waals surface area contributed by atoms with Crippen molar-refractivity contribution in [1.29, 1.82) is 0 Å². The molecule has 0 bridgehead atoms. The van der Waals surface area contributed by atoms with E-state index in [9.17, 15) is 49.5 Å². The summed E-state index contributed by atoms with van der Waals surface area (Å²) in [4.78, 5) is 64.5. The number of fused-ring (bicyclic) bond motifs is 3. The predicted octanol–water partition coefficient (Wildman–Crippen LogP) is 0.465. The van der Waals surface area contributed by atoms with Gasteiger partial charge in [-0.2, -0.15) is 0 Å². The number of unbranched alkanes of at least 4 members (excludes halogenated alkanes) is 1. The van der Waals surface area contributed by atoms with Gasteiger partial charge in [0.2, 0.25) is 17.6 Å². The van der Waals surface area contributed by atoms with Gasteiger partial charge in [-0.05, 0) is 25.8 Å². The van der Waals surface area contributed by atoms with E-state index in [1.54, 1.807) is 0 Å². The molecule has 49 heavy (non-hydrogen) atoms. The molecule has 1 saturated heterocycles. The summed E-state index contributed by atoms with van der Waals surface area (Å²) in [5.74, 6) is -4.56. The zero-order chi connectivity index (χ0) is 35.8. The highest BCUT2D eigenvalue weighted by molar-refractivity contribution is 6.31. The molecule has 2 aliphatic carbocycles. The minimum absolute atomic E-state index is 0.0662. The van der Waals surface area contributed by atoms with Crippen molar-refractivity contribution in [2.24, 2.45) is 0 Å². The van der Waals surface area contributed by atoms with Gasteiger partial charge in [-0.3, -0.25) is 24.0 Å². The molecule has 15 heteroatoms. The third-order valence-corrected chi connectivity index (χ3v) is 9.44. The van der Waals surface area contributed by atoms with E-state index in [4.69, 9.17) is 14.2 Å². The molecule has 1 aliphatic heterocycles. The molecule has 2 aromatic rings. The molecule has 0 spiro atoms. The van der Waals surface area contributed by atoms with Crippen molar-refractivity contribution < 1.29 is 63.7 Å². The van der Waals surface area contributed by atoms with Crippen LogP contribution in [0, 0.1) is 0 Å². The number of carbonyl (C=O) groups is 5. The summed E-state index contributed by atoms with van der Waals surface area (Å²) in [5, 5.41) is 60.4. The van der Waals surface area contributed by atoms with Gasteiger partial charge in [0.25, 0.3) is 0 Å². The number of hydrogen-bond acceptors (Lipinski definition) is 13. The topological polar surface area (TPSA) is 238 Å². The van der Waals surface area contributed by atoms with Crippen LogP contribution in [0.15, 0.2) is 18.2 Å². The molecule has 0 saturated carbocycles. The Kier molecular flexibility index (Phi) is 10.4. The average Bonchev–Trinajstić information content (AvgIpc) is 3.08. The molecule has 6 atom stereocenters. The molecule has 3 aliphatic rings. The van der Waals surface area contributed by atoms with Crippen molar-refractivity contribution in [3.63, 3.8) is 0 Å². The van der Waals surface area contributed by atoms with E-state index >= 15 is 0 Å². The average molecular weight is 685 g/mol. The standard InChI is InChI=1S/C34H40N2O13/c1-15-29(41)18(36-23(40)10-5-4-9-22(39)35-2)11-24(48-15)49-20-13-34(46,21(38)14-37)12-17-26(20)33(45)28-27(31(17)43)30(42)16-7-6-8-19(47-3)25(16)32(28)44/h6-8,15,18,20,24,29,37,41,43,45-46H,4-5,9-14H2,1-3H3,(H,35,39)(H,36,40)/t15?,18?,20-,24?,29?,34-/m0/s1. The Balaban J connectivity index is 1.48. The maximum atomic E-state index is 13.8. The number of Topliss-reactive ketones (excluding diaryl/α,β-unsaturated/α-hetero) is 1. The van der Waals surface area contributed by atoms with E-state index in [0.29, 0.717) is 12.8 Å². The van der Waals surface area contributed by atoms with Crippen LogP contribution in [0.1, 0.15) is 94.5 Å². The van der Waals surface area contributed by atoms with Crippen molar-refractivity contribution in [2.45, 2.75) is 88.1 Å². The monoisotopic (exact) mass is 684 g/mol. The van der Waals surface area contributed by atoms with Crippen molar-refractivity contribution in [3.8, 4) is 17.2 Å². The number of phenols is 2. The number of hydrogen-bond donors (Lipinski definition) is 7. The van der Waals surface area contributed by atoms with E-state index in [0.717, 1.165) is 0 Å². The number of ketones is 3. The van der Waals surface area contributed by atoms with Gasteiger partial charge >= 0.3 is 0 Å². The van der Waals surface area contributed by atoms with Crippen molar-refractivity contribution in [3.05, 3.63) is 51.6 Å². The molecule has 2 aromatic carbocycles. The first-order valence-electron chi connectivity index (χ1n) is 16.0.